The van der Waals surface area contributed by atoms with Gasteiger partial charge in [0, 0.05) is 18.0 Å². The molecule has 0 aliphatic carbocycles. The third-order valence-corrected chi connectivity index (χ3v) is 4.78. The number of carbonyl (C=O) groups is 2. The molecule has 0 aliphatic rings. The first-order valence-corrected chi connectivity index (χ1v) is 8.97. The molecule has 1 aromatic heterocycles. The van der Waals surface area contributed by atoms with Crippen LogP contribution in [0.25, 0.3) is 21.7 Å². The smallest absolute Gasteiger partial charge is 0.326 e. The summed E-state index contributed by atoms with van der Waals surface area (Å²) in [4.78, 5) is 28.9. The summed E-state index contributed by atoms with van der Waals surface area (Å²) >= 11 is 0. The molecule has 0 bridgehead atoms. The summed E-state index contributed by atoms with van der Waals surface area (Å²) in [5.41, 5.74) is 1.79. The molecule has 28 heavy (non-hydrogen) atoms. The first-order chi connectivity index (χ1) is 13.6. The van der Waals surface area contributed by atoms with Crippen LogP contribution in [0.15, 0.2) is 79.0 Å². The number of para-hydroxylation sites is 1. The largest absolute Gasteiger partial charge is 0.480 e. The molecule has 1 heterocycles. The summed E-state index contributed by atoms with van der Waals surface area (Å²) in [5, 5.41) is 15.2. The Morgan fingerprint density at radius 3 is 2.46 bits per heavy atom. The van der Waals surface area contributed by atoms with E-state index >= 15 is 0 Å². The van der Waals surface area contributed by atoms with Crippen molar-refractivity contribution in [1.82, 2.24) is 10.3 Å². The summed E-state index contributed by atoms with van der Waals surface area (Å²) in [6.45, 7) is 0. The number of nitrogens with zero attached hydrogens (tertiary/aromatic N) is 1. The Bertz CT molecular complexity index is 1180. The highest BCUT2D eigenvalue weighted by Gasteiger charge is 2.23. The molecule has 0 saturated carbocycles. The quantitative estimate of drug-likeness (QED) is 0.560. The predicted octanol–water partition coefficient (Wildman–Crippen LogP) is 3.81. The molecular formula is C23H18N2O3. The number of amides is 1. The molecule has 2 N–H and O–H groups in total. The normalized spacial score (nSPS) is 12.0. The number of benzene rings is 3. The molecule has 0 spiro atoms. The van der Waals surface area contributed by atoms with Crippen molar-refractivity contribution in [1.29, 1.82) is 0 Å². The second-order valence-electron chi connectivity index (χ2n) is 6.59. The second-order valence-corrected chi connectivity index (χ2v) is 6.59. The summed E-state index contributed by atoms with van der Waals surface area (Å²) < 4.78 is 0. The minimum Gasteiger partial charge on any atom is -0.480 e. The SMILES string of the molecule is O=C(N[C@H](Cc1cccc2ccccc12)C(=O)O)c1cccc2cccnc12. The van der Waals surface area contributed by atoms with E-state index in [-0.39, 0.29) is 6.42 Å². The van der Waals surface area contributed by atoms with Gasteiger partial charge in [-0.05, 0) is 28.5 Å². The number of fused-ring (bicyclic) bond motifs is 2. The van der Waals surface area contributed by atoms with Crippen molar-refractivity contribution in [2.75, 3.05) is 0 Å². The molecule has 0 radical (unpaired) electrons. The molecule has 3 aromatic carbocycles. The molecule has 4 aromatic rings. The van der Waals surface area contributed by atoms with Crippen molar-refractivity contribution in [3.63, 3.8) is 0 Å². The highest BCUT2D eigenvalue weighted by atomic mass is 16.4. The molecule has 0 saturated heterocycles. The van der Waals surface area contributed by atoms with Gasteiger partial charge in [-0.1, -0.05) is 60.7 Å². The molecular weight excluding hydrogens is 352 g/mol. The highest BCUT2D eigenvalue weighted by Crippen LogP contribution is 2.21. The van der Waals surface area contributed by atoms with Crippen molar-refractivity contribution >= 4 is 33.6 Å². The highest BCUT2D eigenvalue weighted by molar-refractivity contribution is 6.06. The number of hydrogen-bond donors (Lipinski definition) is 2. The maximum atomic E-state index is 12.8. The minimum absolute atomic E-state index is 0.195. The van der Waals surface area contributed by atoms with Crippen LogP contribution >= 0.6 is 0 Å². The molecule has 0 aliphatic heterocycles. The van der Waals surface area contributed by atoms with Gasteiger partial charge in [-0.25, -0.2) is 4.79 Å². The van der Waals surface area contributed by atoms with Crippen molar-refractivity contribution in [3.8, 4) is 0 Å². The van der Waals surface area contributed by atoms with E-state index in [9.17, 15) is 14.7 Å². The van der Waals surface area contributed by atoms with Crippen LogP contribution in [0.3, 0.4) is 0 Å². The van der Waals surface area contributed by atoms with Gasteiger partial charge in [0.1, 0.15) is 6.04 Å². The lowest BCUT2D eigenvalue weighted by Crippen LogP contribution is -2.42. The van der Waals surface area contributed by atoms with Crippen molar-refractivity contribution < 1.29 is 14.7 Å². The Labute approximate surface area is 161 Å². The molecule has 4 rings (SSSR count). The van der Waals surface area contributed by atoms with E-state index in [1.807, 2.05) is 54.6 Å². The van der Waals surface area contributed by atoms with E-state index in [1.165, 1.54) is 0 Å². The maximum Gasteiger partial charge on any atom is 0.326 e. The Morgan fingerprint density at radius 2 is 1.61 bits per heavy atom. The lowest BCUT2D eigenvalue weighted by atomic mass is 9.98. The fourth-order valence-corrected chi connectivity index (χ4v) is 3.41. The van der Waals surface area contributed by atoms with Crippen molar-refractivity contribution in [3.05, 3.63) is 90.1 Å². The fourth-order valence-electron chi connectivity index (χ4n) is 3.41. The van der Waals surface area contributed by atoms with E-state index in [0.717, 1.165) is 21.7 Å². The summed E-state index contributed by atoms with van der Waals surface area (Å²) in [5.74, 6) is -1.52. The van der Waals surface area contributed by atoms with Gasteiger partial charge in [0.2, 0.25) is 0 Å². The molecule has 0 unspecified atom stereocenters. The Morgan fingerprint density at radius 1 is 0.893 bits per heavy atom. The standard InChI is InChI=1S/C23H18N2O3/c26-22(19-12-4-8-16-10-5-13-24-21(16)19)25-20(23(27)28)14-17-9-3-7-15-6-1-2-11-18(15)17/h1-13,20H,14H2,(H,25,26)(H,27,28)/t20-/m1/s1. The second kappa shape index (κ2) is 7.48. The molecule has 1 amide bonds. The van der Waals surface area contributed by atoms with E-state index < -0.39 is 17.9 Å². The van der Waals surface area contributed by atoms with Gasteiger partial charge in [0.25, 0.3) is 5.91 Å². The Hall–Kier alpha value is -3.73. The van der Waals surface area contributed by atoms with Crippen LogP contribution in [0.4, 0.5) is 0 Å². The van der Waals surface area contributed by atoms with E-state index in [1.54, 1.807) is 24.4 Å². The van der Waals surface area contributed by atoms with Crippen molar-refractivity contribution in [2.45, 2.75) is 12.5 Å². The van der Waals surface area contributed by atoms with Crippen molar-refractivity contribution in [2.24, 2.45) is 0 Å². The third kappa shape index (κ3) is 3.42. The number of hydrogen-bond acceptors (Lipinski definition) is 3. The zero-order chi connectivity index (χ0) is 19.5. The number of carboxylic acid groups (broad SMARTS) is 1. The van der Waals surface area contributed by atoms with Crippen LogP contribution in [0, 0.1) is 0 Å². The number of carboxylic acids is 1. The van der Waals surface area contributed by atoms with Crippen LogP contribution in [-0.2, 0) is 11.2 Å². The van der Waals surface area contributed by atoms with E-state index in [4.69, 9.17) is 0 Å². The molecule has 0 fully saturated rings. The van der Waals surface area contributed by atoms with Gasteiger partial charge in [-0.3, -0.25) is 9.78 Å². The van der Waals surface area contributed by atoms with Crippen LogP contribution in [0.1, 0.15) is 15.9 Å². The lowest BCUT2D eigenvalue weighted by Gasteiger charge is -2.16. The number of aliphatic carboxylic acids is 1. The Balaban J connectivity index is 1.63. The summed E-state index contributed by atoms with van der Waals surface area (Å²) in [6, 6.07) is 21.5. The van der Waals surface area contributed by atoms with Crippen LogP contribution in [0.2, 0.25) is 0 Å². The van der Waals surface area contributed by atoms with Gasteiger partial charge in [0.05, 0.1) is 11.1 Å². The van der Waals surface area contributed by atoms with E-state index in [2.05, 4.69) is 10.3 Å². The number of nitrogens with one attached hydrogen (secondary N) is 1. The summed E-state index contributed by atoms with van der Waals surface area (Å²) in [7, 11) is 0. The van der Waals surface area contributed by atoms with Crippen LogP contribution < -0.4 is 5.32 Å². The number of pyridine rings is 1. The summed E-state index contributed by atoms with van der Waals surface area (Å²) in [6.07, 6.45) is 1.81. The molecule has 5 heteroatoms. The number of carbonyl (C=O) groups excluding carboxylic acids is 1. The molecule has 1 atom stereocenters. The van der Waals surface area contributed by atoms with Gasteiger partial charge in [-0.15, -0.1) is 0 Å². The van der Waals surface area contributed by atoms with Gasteiger partial charge in [0.15, 0.2) is 0 Å². The molecule has 5 nitrogen and oxygen atoms in total. The number of rotatable bonds is 5. The van der Waals surface area contributed by atoms with Crippen LogP contribution in [-0.4, -0.2) is 28.0 Å². The van der Waals surface area contributed by atoms with Crippen LogP contribution in [0.5, 0.6) is 0 Å². The van der Waals surface area contributed by atoms with Gasteiger partial charge >= 0.3 is 5.97 Å². The topological polar surface area (TPSA) is 79.3 Å². The maximum absolute atomic E-state index is 12.8. The zero-order valence-electron chi connectivity index (χ0n) is 15.0. The third-order valence-electron chi connectivity index (χ3n) is 4.78. The lowest BCUT2D eigenvalue weighted by molar-refractivity contribution is -0.139. The first kappa shape index (κ1) is 17.7. The first-order valence-electron chi connectivity index (χ1n) is 8.97. The molecule has 138 valence electrons. The predicted molar refractivity (Wildman–Crippen MR) is 108 cm³/mol. The number of aromatic nitrogens is 1. The minimum atomic E-state index is -1.07. The monoisotopic (exact) mass is 370 g/mol. The zero-order valence-corrected chi connectivity index (χ0v) is 15.0. The average Bonchev–Trinajstić information content (AvgIpc) is 2.73. The Kier molecular flexibility index (Phi) is 4.72. The van der Waals surface area contributed by atoms with E-state index in [0.29, 0.717) is 11.1 Å². The average molecular weight is 370 g/mol. The van der Waals surface area contributed by atoms with Gasteiger partial charge in [-0.2, -0.15) is 0 Å². The van der Waals surface area contributed by atoms with Gasteiger partial charge < -0.3 is 10.4 Å². The fraction of sp³-hybridized carbons (Fsp3) is 0.0870.